The molecule has 0 saturated heterocycles. The van der Waals surface area contributed by atoms with Gasteiger partial charge in [0.25, 0.3) is 0 Å². The molecule has 2 rings (SSSR count). The number of carboxylic acid groups (broad SMARTS) is 1. The summed E-state index contributed by atoms with van der Waals surface area (Å²) in [5, 5.41) is 15.3. The van der Waals surface area contributed by atoms with E-state index >= 15 is 0 Å². The van der Waals surface area contributed by atoms with Crippen molar-refractivity contribution < 1.29 is 19.4 Å². The number of anilines is 1. The number of hydrogen-bond acceptors (Lipinski definition) is 5. The molecular weight excluding hydrogens is 272 g/mol. The molecule has 0 fully saturated rings. The van der Waals surface area contributed by atoms with Crippen LogP contribution in [-0.4, -0.2) is 44.4 Å². The minimum absolute atomic E-state index is 0.283. The van der Waals surface area contributed by atoms with Crippen LogP contribution in [0.4, 0.5) is 5.69 Å². The number of aliphatic carboxylic acids is 1. The van der Waals surface area contributed by atoms with E-state index in [9.17, 15) is 9.90 Å². The van der Waals surface area contributed by atoms with E-state index in [0.717, 1.165) is 16.8 Å². The van der Waals surface area contributed by atoms with Crippen LogP contribution in [0.15, 0.2) is 18.7 Å². The maximum absolute atomic E-state index is 11.2. The van der Waals surface area contributed by atoms with E-state index < -0.39 is 12.0 Å². The van der Waals surface area contributed by atoms with E-state index in [1.165, 1.54) is 0 Å². The number of ether oxygens (including phenoxy) is 2. The predicted octanol–water partition coefficient (Wildman–Crippen LogP) is 1.58. The molecule has 1 aliphatic heterocycles. The van der Waals surface area contributed by atoms with Crippen LogP contribution in [0.2, 0.25) is 0 Å². The summed E-state index contributed by atoms with van der Waals surface area (Å²) >= 11 is 0. The topological polar surface area (TPSA) is 79.8 Å². The quantitative estimate of drug-likeness (QED) is 0.785. The summed E-state index contributed by atoms with van der Waals surface area (Å²) in [5.41, 5.74) is 2.63. The van der Waals surface area contributed by atoms with Crippen molar-refractivity contribution in [1.29, 1.82) is 0 Å². The molecule has 6 nitrogen and oxygen atoms in total. The Morgan fingerprint density at radius 1 is 1.33 bits per heavy atom. The van der Waals surface area contributed by atoms with Gasteiger partial charge < -0.3 is 25.2 Å². The maximum Gasteiger partial charge on any atom is 0.322 e. The van der Waals surface area contributed by atoms with E-state index in [0.29, 0.717) is 24.5 Å². The Bertz CT molecular complexity index is 557. The normalized spacial score (nSPS) is 18.6. The molecule has 0 aromatic heterocycles. The predicted molar refractivity (Wildman–Crippen MR) is 81.1 cm³/mol. The third-order valence-corrected chi connectivity index (χ3v) is 3.52. The lowest BCUT2D eigenvalue weighted by molar-refractivity contribution is -0.139. The van der Waals surface area contributed by atoms with Crippen LogP contribution in [0.25, 0.3) is 5.57 Å². The number of nitrogens with one attached hydrogen (secondary N) is 2. The Balaban J connectivity index is 2.40. The van der Waals surface area contributed by atoms with Crippen molar-refractivity contribution >= 4 is 17.2 Å². The largest absolute Gasteiger partial charge is 0.493 e. The highest BCUT2D eigenvalue weighted by Crippen LogP contribution is 2.37. The van der Waals surface area contributed by atoms with Crippen LogP contribution in [0, 0.1) is 0 Å². The Hall–Kier alpha value is -2.21. The number of carbonyl (C=O) groups is 1. The number of carboxylic acids is 1. The van der Waals surface area contributed by atoms with Gasteiger partial charge in [0.05, 0.1) is 14.2 Å². The van der Waals surface area contributed by atoms with Gasteiger partial charge in [-0.15, -0.1) is 0 Å². The zero-order chi connectivity index (χ0) is 15.4. The van der Waals surface area contributed by atoms with Crippen LogP contribution in [0.1, 0.15) is 12.0 Å². The van der Waals surface area contributed by atoms with Crippen LogP contribution < -0.4 is 20.1 Å². The zero-order valence-electron chi connectivity index (χ0n) is 12.2. The first kappa shape index (κ1) is 15.2. The fourth-order valence-corrected chi connectivity index (χ4v) is 2.31. The first-order valence-electron chi connectivity index (χ1n) is 6.71. The maximum atomic E-state index is 11.2. The molecule has 1 aliphatic rings. The molecule has 114 valence electrons. The average molecular weight is 292 g/mol. The highest BCUT2D eigenvalue weighted by molar-refractivity contribution is 5.80. The molecule has 0 radical (unpaired) electrons. The summed E-state index contributed by atoms with van der Waals surface area (Å²) in [4.78, 5) is 11.2. The Kier molecular flexibility index (Phi) is 4.70. The molecule has 1 heterocycles. The second-order valence-corrected chi connectivity index (χ2v) is 4.83. The minimum atomic E-state index is -0.878. The van der Waals surface area contributed by atoms with Crippen molar-refractivity contribution in [3.05, 3.63) is 24.3 Å². The SMILES string of the molecule is C=C1CCNC(C(=O)O)CNc2cc(OC)c(OC)cc21. The number of rotatable bonds is 3. The van der Waals surface area contributed by atoms with Gasteiger partial charge in [-0.2, -0.15) is 0 Å². The fourth-order valence-electron chi connectivity index (χ4n) is 2.31. The van der Waals surface area contributed by atoms with Crippen LogP contribution in [-0.2, 0) is 4.79 Å². The van der Waals surface area contributed by atoms with E-state index in [1.807, 2.05) is 12.1 Å². The van der Waals surface area contributed by atoms with Crippen LogP contribution >= 0.6 is 0 Å². The number of methoxy groups -OCH3 is 2. The van der Waals surface area contributed by atoms with Crippen molar-refractivity contribution in [3.63, 3.8) is 0 Å². The summed E-state index contributed by atoms with van der Waals surface area (Å²) in [7, 11) is 3.15. The van der Waals surface area contributed by atoms with Gasteiger partial charge in [-0.25, -0.2) is 0 Å². The Morgan fingerprint density at radius 3 is 2.62 bits per heavy atom. The Morgan fingerprint density at radius 2 is 2.00 bits per heavy atom. The third-order valence-electron chi connectivity index (χ3n) is 3.52. The van der Waals surface area contributed by atoms with Gasteiger partial charge in [0.1, 0.15) is 6.04 Å². The lowest BCUT2D eigenvalue weighted by atomic mass is 10.0. The van der Waals surface area contributed by atoms with Crippen molar-refractivity contribution in [1.82, 2.24) is 5.32 Å². The average Bonchev–Trinajstić information content (AvgIpc) is 2.55. The first-order chi connectivity index (χ1) is 10.1. The van der Waals surface area contributed by atoms with Gasteiger partial charge in [-0.05, 0) is 18.1 Å². The standard InChI is InChI=1S/C15H20N2O4/c1-9-4-5-16-12(15(18)19)8-17-11-7-14(21-3)13(20-2)6-10(9)11/h6-7,12,16-17H,1,4-5,8H2,2-3H3,(H,18,19). The number of fused-ring (bicyclic) bond motifs is 1. The molecule has 6 heteroatoms. The van der Waals surface area contributed by atoms with Crippen molar-refractivity contribution in [2.24, 2.45) is 0 Å². The van der Waals surface area contributed by atoms with Crippen molar-refractivity contribution in [2.75, 3.05) is 32.6 Å². The first-order valence-corrected chi connectivity index (χ1v) is 6.71. The molecule has 0 saturated carbocycles. The minimum Gasteiger partial charge on any atom is -0.493 e. The third kappa shape index (κ3) is 3.28. The molecule has 0 aliphatic carbocycles. The highest BCUT2D eigenvalue weighted by Gasteiger charge is 2.21. The second kappa shape index (κ2) is 6.49. The summed E-state index contributed by atoms with van der Waals surface area (Å²) in [6, 6.07) is 3.03. The Labute approximate surface area is 123 Å². The molecular formula is C15H20N2O4. The van der Waals surface area contributed by atoms with Gasteiger partial charge in [0.15, 0.2) is 11.5 Å². The van der Waals surface area contributed by atoms with E-state index in [4.69, 9.17) is 9.47 Å². The molecule has 3 N–H and O–H groups in total. The summed E-state index contributed by atoms with van der Waals surface area (Å²) in [6.07, 6.45) is 0.661. The van der Waals surface area contributed by atoms with Crippen molar-refractivity contribution in [3.8, 4) is 11.5 Å². The monoisotopic (exact) mass is 292 g/mol. The molecule has 21 heavy (non-hydrogen) atoms. The molecule has 1 unspecified atom stereocenters. The molecule has 0 amide bonds. The van der Waals surface area contributed by atoms with E-state index in [-0.39, 0.29) is 6.54 Å². The lowest BCUT2D eigenvalue weighted by Crippen LogP contribution is -2.42. The van der Waals surface area contributed by atoms with E-state index in [1.54, 1.807) is 14.2 Å². The fraction of sp³-hybridized carbons (Fsp3) is 0.400. The van der Waals surface area contributed by atoms with Crippen LogP contribution in [0.5, 0.6) is 11.5 Å². The highest BCUT2D eigenvalue weighted by atomic mass is 16.5. The number of benzene rings is 1. The summed E-state index contributed by atoms with van der Waals surface area (Å²) in [5.74, 6) is 0.342. The van der Waals surface area contributed by atoms with Gasteiger partial charge in [0.2, 0.25) is 0 Å². The van der Waals surface area contributed by atoms with Gasteiger partial charge in [0, 0.05) is 30.4 Å². The smallest absolute Gasteiger partial charge is 0.322 e. The molecule has 0 bridgehead atoms. The van der Waals surface area contributed by atoms with Gasteiger partial charge in [-0.1, -0.05) is 6.58 Å². The zero-order valence-corrected chi connectivity index (χ0v) is 12.2. The van der Waals surface area contributed by atoms with Gasteiger partial charge >= 0.3 is 5.97 Å². The molecule has 1 atom stereocenters. The summed E-state index contributed by atoms with van der Waals surface area (Å²) < 4.78 is 10.6. The molecule has 0 spiro atoms. The van der Waals surface area contributed by atoms with Crippen molar-refractivity contribution in [2.45, 2.75) is 12.5 Å². The van der Waals surface area contributed by atoms with Gasteiger partial charge in [-0.3, -0.25) is 4.79 Å². The molecule has 1 aromatic rings. The second-order valence-electron chi connectivity index (χ2n) is 4.83. The lowest BCUT2D eigenvalue weighted by Gasteiger charge is -2.17. The summed E-state index contributed by atoms with van der Waals surface area (Å²) in [6.45, 7) is 4.92. The number of hydrogen-bond donors (Lipinski definition) is 3. The molecule has 1 aromatic carbocycles. The van der Waals surface area contributed by atoms with Crippen LogP contribution in [0.3, 0.4) is 0 Å². The van der Waals surface area contributed by atoms with E-state index in [2.05, 4.69) is 17.2 Å².